The average molecular weight is 326 g/mol. The van der Waals surface area contributed by atoms with Crippen molar-refractivity contribution >= 4 is 0 Å². The van der Waals surface area contributed by atoms with Crippen molar-refractivity contribution < 1.29 is 14.9 Å². The van der Waals surface area contributed by atoms with E-state index in [1.54, 1.807) is 6.20 Å². The number of hydrogen-bond acceptors (Lipinski definition) is 5. The van der Waals surface area contributed by atoms with Crippen LogP contribution in [0.3, 0.4) is 0 Å². The van der Waals surface area contributed by atoms with Crippen molar-refractivity contribution in [3.63, 3.8) is 0 Å². The Morgan fingerprint density at radius 3 is 2.75 bits per heavy atom. The highest BCUT2D eigenvalue weighted by molar-refractivity contribution is 5.48. The normalized spacial score (nSPS) is 17.8. The number of aliphatic hydroxyl groups excluding tert-OH is 1. The number of aliphatic hydroxyl groups is 1. The molecular weight excluding hydrogens is 304 g/mol. The van der Waals surface area contributed by atoms with Gasteiger partial charge in [0.1, 0.15) is 23.7 Å². The molecule has 0 saturated carbocycles. The number of rotatable bonds is 5. The molecule has 5 heteroatoms. The molecule has 24 heavy (non-hydrogen) atoms. The first-order valence-corrected chi connectivity index (χ1v) is 7.86. The summed E-state index contributed by atoms with van der Waals surface area (Å²) >= 11 is 0. The summed E-state index contributed by atoms with van der Waals surface area (Å²) in [6.45, 7) is 4.71. The van der Waals surface area contributed by atoms with Crippen LogP contribution in [-0.2, 0) is 11.3 Å². The van der Waals surface area contributed by atoms with Gasteiger partial charge in [-0.25, -0.2) is 0 Å². The number of aromatic nitrogens is 1. The Bertz CT molecular complexity index is 744. The van der Waals surface area contributed by atoms with E-state index in [0.29, 0.717) is 24.3 Å². The van der Waals surface area contributed by atoms with Gasteiger partial charge in [0.25, 0.3) is 0 Å². The first-order valence-electron chi connectivity index (χ1n) is 7.86. The van der Waals surface area contributed by atoms with Crippen molar-refractivity contribution in [1.82, 2.24) is 9.88 Å². The van der Waals surface area contributed by atoms with E-state index in [1.165, 1.54) is 0 Å². The number of nitrogens with zero attached hydrogens (tertiary/aromatic N) is 2. The van der Waals surface area contributed by atoms with Crippen LogP contribution in [0.4, 0.5) is 0 Å². The third kappa shape index (κ3) is 3.06. The fourth-order valence-corrected chi connectivity index (χ4v) is 2.99. The van der Waals surface area contributed by atoms with Gasteiger partial charge in [-0.15, -0.1) is 0 Å². The largest absolute Gasteiger partial charge is 0.506 e. The minimum Gasteiger partial charge on any atom is -0.506 e. The standard InChI is InChI=1S/C19H22N2O3/c1-12(10-21(2)3)17(22)16-18(23)15-11-24-19(14(15)9-20-16)13-7-5-4-6-8-13/h4-9,17,19,22-23H,1,10-11H2,2-3H3. The highest BCUT2D eigenvalue weighted by Gasteiger charge is 2.31. The molecule has 0 saturated heterocycles. The highest BCUT2D eigenvalue weighted by Crippen LogP contribution is 2.42. The summed E-state index contributed by atoms with van der Waals surface area (Å²) in [7, 11) is 3.79. The smallest absolute Gasteiger partial charge is 0.146 e. The molecule has 2 heterocycles. The van der Waals surface area contributed by atoms with Gasteiger partial charge in [-0.1, -0.05) is 36.9 Å². The van der Waals surface area contributed by atoms with Crippen LogP contribution in [0, 0.1) is 0 Å². The molecule has 2 N–H and O–H groups in total. The van der Waals surface area contributed by atoms with Crippen molar-refractivity contribution in [1.29, 1.82) is 0 Å². The lowest BCUT2D eigenvalue weighted by Crippen LogP contribution is -2.19. The Morgan fingerprint density at radius 2 is 2.08 bits per heavy atom. The van der Waals surface area contributed by atoms with Crippen molar-refractivity contribution in [3.05, 3.63) is 71.1 Å². The minimum absolute atomic E-state index is 0.00154. The SMILES string of the molecule is C=C(CN(C)C)C(O)c1ncc2c(c1O)COC2c1ccccc1. The van der Waals surface area contributed by atoms with Gasteiger partial charge in [-0.3, -0.25) is 4.98 Å². The lowest BCUT2D eigenvalue weighted by Gasteiger charge is -2.19. The molecule has 5 nitrogen and oxygen atoms in total. The number of fused-ring (bicyclic) bond motifs is 1. The Balaban J connectivity index is 1.91. The van der Waals surface area contributed by atoms with Gasteiger partial charge in [0.15, 0.2) is 0 Å². The zero-order chi connectivity index (χ0) is 17.3. The van der Waals surface area contributed by atoms with E-state index in [-0.39, 0.29) is 17.5 Å². The number of likely N-dealkylation sites (N-methyl/N-ethyl adjacent to an activating group) is 1. The summed E-state index contributed by atoms with van der Waals surface area (Å²) in [6, 6.07) is 9.82. The van der Waals surface area contributed by atoms with Gasteiger partial charge in [0, 0.05) is 23.9 Å². The summed E-state index contributed by atoms with van der Waals surface area (Å²) in [6.07, 6.45) is 0.436. The number of pyridine rings is 1. The summed E-state index contributed by atoms with van der Waals surface area (Å²) in [4.78, 5) is 6.20. The monoisotopic (exact) mass is 326 g/mol. The van der Waals surface area contributed by atoms with Gasteiger partial charge in [0.05, 0.1) is 6.61 Å². The van der Waals surface area contributed by atoms with Crippen LogP contribution in [0.5, 0.6) is 5.75 Å². The molecule has 1 aromatic carbocycles. The van der Waals surface area contributed by atoms with Crippen molar-refractivity contribution in [2.75, 3.05) is 20.6 Å². The van der Waals surface area contributed by atoms with E-state index in [1.807, 2.05) is 49.3 Å². The number of hydrogen-bond donors (Lipinski definition) is 2. The second kappa shape index (κ2) is 6.73. The summed E-state index contributed by atoms with van der Waals surface area (Å²) in [5.41, 5.74) is 3.36. The predicted octanol–water partition coefficient (Wildman–Crippen LogP) is 2.56. The first-order chi connectivity index (χ1) is 11.5. The van der Waals surface area contributed by atoms with E-state index >= 15 is 0 Å². The van der Waals surface area contributed by atoms with E-state index in [0.717, 1.165) is 11.1 Å². The Kier molecular flexibility index (Phi) is 4.66. The molecule has 126 valence electrons. The number of ether oxygens (including phenoxy) is 1. The third-order valence-electron chi connectivity index (χ3n) is 4.16. The molecule has 2 atom stereocenters. The summed E-state index contributed by atoms with van der Waals surface area (Å²) < 4.78 is 5.84. The van der Waals surface area contributed by atoms with Crippen LogP contribution in [0.2, 0.25) is 0 Å². The molecule has 1 aliphatic rings. The molecule has 0 fully saturated rings. The Hall–Kier alpha value is -2.21. The van der Waals surface area contributed by atoms with Gasteiger partial charge < -0.3 is 19.8 Å². The zero-order valence-corrected chi connectivity index (χ0v) is 13.9. The van der Waals surface area contributed by atoms with Gasteiger partial charge in [-0.2, -0.15) is 0 Å². The Labute approximate surface area is 141 Å². The first kappa shape index (κ1) is 16.6. The second-order valence-electron chi connectivity index (χ2n) is 6.33. The van der Waals surface area contributed by atoms with Crippen LogP contribution < -0.4 is 0 Å². The topological polar surface area (TPSA) is 65.8 Å². The van der Waals surface area contributed by atoms with E-state index < -0.39 is 6.10 Å². The average Bonchev–Trinajstić information content (AvgIpc) is 2.99. The quantitative estimate of drug-likeness (QED) is 0.827. The molecular formula is C19H22N2O3. The van der Waals surface area contributed by atoms with Crippen molar-refractivity contribution in [2.24, 2.45) is 0 Å². The highest BCUT2D eigenvalue weighted by atomic mass is 16.5. The maximum absolute atomic E-state index is 10.6. The van der Waals surface area contributed by atoms with Gasteiger partial charge >= 0.3 is 0 Å². The molecule has 2 aromatic rings. The molecule has 0 spiro atoms. The van der Waals surface area contributed by atoms with Crippen LogP contribution in [-0.4, -0.2) is 40.7 Å². The Morgan fingerprint density at radius 1 is 1.38 bits per heavy atom. The van der Waals surface area contributed by atoms with E-state index in [2.05, 4.69) is 11.6 Å². The molecule has 0 aliphatic carbocycles. The summed E-state index contributed by atoms with van der Waals surface area (Å²) in [5, 5.41) is 21.0. The lowest BCUT2D eigenvalue weighted by atomic mass is 9.98. The number of aromatic hydroxyl groups is 1. The number of benzene rings is 1. The molecule has 1 aliphatic heterocycles. The van der Waals surface area contributed by atoms with Crippen LogP contribution in [0.1, 0.15) is 34.6 Å². The maximum Gasteiger partial charge on any atom is 0.146 e. The maximum atomic E-state index is 10.6. The third-order valence-corrected chi connectivity index (χ3v) is 4.16. The van der Waals surface area contributed by atoms with E-state index in [4.69, 9.17) is 4.74 Å². The fraction of sp³-hybridized carbons (Fsp3) is 0.316. The van der Waals surface area contributed by atoms with Gasteiger partial charge in [-0.05, 0) is 25.2 Å². The van der Waals surface area contributed by atoms with Crippen molar-refractivity contribution in [3.8, 4) is 5.75 Å². The van der Waals surface area contributed by atoms with E-state index in [9.17, 15) is 10.2 Å². The van der Waals surface area contributed by atoms with Crippen LogP contribution in [0.15, 0.2) is 48.7 Å². The van der Waals surface area contributed by atoms with Crippen LogP contribution in [0.25, 0.3) is 0 Å². The molecule has 0 radical (unpaired) electrons. The summed E-state index contributed by atoms with van der Waals surface area (Å²) in [5.74, 6) is -0.00154. The zero-order valence-electron chi connectivity index (χ0n) is 13.9. The molecule has 0 bridgehead atoms. The molecule has 0 amide bonds. The molecule has 3 rings (SSSR count). The predicted molar refractivity (Wildman–Crippen MR) is 91.6 cm³/mol. The van der Waals surface area contributed by atoms with Crippen LogP contribution >= 0.6 is 0 Å². The lowest BCUT2D eigenvalue weighted by molar-refractivity contribution is 0.0931. The minimum atomic E-state index is -1.01. The molecule has 1 aromatic heterocycles. The van der Waals surface area contributed by atoms with Crippen molar-refractivity contribution in [2.45, 2.75) is 18.8 Å². The second-order valence-corrected chi connectivity index (χ2v) is 6.33. The van der Waals surface area contributed by atoms with Gasteiger partial charge in [0.2, 0.25) is 0 Å². The fourth-order valence-electron chi connectivity index (χ4n) is 2.99. The molecule has 2 unspecified atom stereocenters.